The first kappa shape index (κ1) is 13.1. The van der Waals surface area contributed by atoms with E-state index in [1.807, 2.05) is 45.0 Å². The second kappa shape index (κ2) is 4.73. The predicted octanol–water partition coefficient (Wildman–Crippen LogP) is 2.23. The summed E-state index contributed by atoms with van der Waals surface area (Å²) in [5.41, 5.74) is 1.70. The van der Waals surface area contributed by atoms with Crippen molar-refractivity contribution in [2.24, 2.45) is 5.41 Å². The van der Waals surface area contributed by atoms with Crippen molar-refractivity contribution in [1.29, 1.82) is 0 Å². The SMILES string of the molecule is Cc1cccc(C(=O)N2CCC(C)(C)C(O)C2)c1. The first-order chi connectivity index (χ1) is 8.40. The molecule has 3 heteroatoms. The average Bonchev–Trinajstić information content (AvgIpc) is 2.32. The van der Waals surface area contributed by atoms with Crippen LogP contribution in [0.5, 0.6) is 0 Å². The summed E-state index contributed by atoms with van der Waals surface area (Å²) >= 11 is 0. The molecule has 18 heavy (non-hydrogen) atoms. The van der Waals surface area contributed by atoms with Crippen LogP contribution in [0.2, 0.25) is 0 Å². The molecule has 0 aliphatic carbocycles. The normalized spacial score (nSPS) is 22.9. The Kier molecular flexibility index (Phi) is 3.44. The smallest absolute Gasteiger partial charge is 0.253 e. The Morgan fingerprint density at radius 1 is 1.44 bits per heavy atom. The Balaban J connectivity index is 2.12. The van der Waals surface area contributed by atoms with Crippen molar-refractivity contribution in [3.63, 3.8) is 0 Å². The molecule has 1 saturated heterocycles. The molecule has 1 aliphatic rings. The molecule has 2 rings (SSSR count). The Bertz CT molecular complexity index is 454. The maximum Gasteiger partial charge on any atom is 0.253 e. The lowest BCUT2D eigenvalue weighted by Gasteiger charge is -2.41. The predicted molar refractivity (Wildman–Crippen MR) is 71.5 cm³/mol. The van der Waals surface area contributed by atoms with Gasteiger partial charge < -0.3 is 10.0 Å². The van der Waals surface area contributed by atoms with Crippen LogP contribution in [-0.2, 0) is 0 Å². The van der Waals surface area contributed by atoms with Crippen molar-refractivity contribution in [2.75, 3.05) is 13.1 Å². The number of likely N-dealkylation sites (tertiary alicyclic amines) is 1. The fraction of sp³-hybridized carbons (Fsp3) is 0.533. The molecule has 1 aliphatic heterocycles. The number of aliphatic hydroxyl groups excluding tert-OH is 1. The monoisotopic (exact) mass is 247 g/mol. The Hall–Kier alpha value is -1.35. The van der Waals surface area contributed by atoms with E-state index in [4.69, 9.17) is 0 Å². The van der Waals surface area contributed by atoms with Crippen molar-refractivity contribution in [3.8, 4) is 0 Å². The molecule has 98 valence electrons. The third kappa shape index (κ3) is 2.56. The molecule has 3 nitrogen and oxygen atoms in total. The molecule has 0 bridgehead atoms. The molecule has 0 spiro atoms. The highest BCUT2D eigenvalue weighted by molar-refractivity contribution is 5.94. The number of nitrogens with zero attached hydrogens (tertiary/aromatic N) is 1. The van der Waals surface area contributed by atoms with Crippen molar-refractivity contribution < 1.29 is 9.90 Å². The van der Waals surface area contributed by atoms with Crippen molar-refractivity contribution in [3.05, 3.63) is 35.4 Å². The van der Waals surface area contributed by atoms with Gasteiger partial charge in [-0.2, -0.15) is 0 Å². The summed E-state index contributed by atoms with van der Waals surface area (Å²) in [5, 5.41) is 10.1. The lowest BCUT2D eigenvalue weighted by atomic mass is 9.80. The van der Waals surface area contributed by atoms with E-state index < -0.39 is 6.10 Å². The third-order valence-corrected chi connectivity index (χ3v) is 3.87. The van der Waals surface area contributed by atoms with E-state index in [9.17, 15) is 9.90 Å². The van der Waals surface area contributed by atoms with Crippen LogP contribution in [0.15, 0.2) is 24.3 Å². The van der Waals surface area contributed by atoms with Crippen molar-refractivity contribution in [2.45, 2.75) is 33.3 Å². The van der Waals surface area contributed by atoms with Gasteiger partial charge in [-0.1, -0.05) is 31.5 Å². The largest absolute Gasteiger partial charge is 0.391 e. The maximum atomic E-state index is 12.3. The third-order valence-electron chi connectivity index (χ3n) is 3.87. The molecule has 1 aromatic rings. The van der Waals surface area contributed by atoms with Gasteiger partial charge in [0.15, 0.2) is 0 Å². The molecule has 1 fully saturated rings. The van der Waals surface area contributed by atoms with E-state index >= 15 is 0 Å². The van der Waals surface area contributed by atoms with Crippen molar-refractivity contribution in [1.82, 2.24) is 4.90 Å². The zero-order chi connectivity index (χ0) is 13.3. The standard InChI is InChI=1S/C15H21NO2/c1-11-5-4-6-12(9-11)14(18)16-8-7-15(2,3)13(17)10-16/h4-6,9,13,17H,7-8,10H2,1-3H3. The fourth-order valence-corrected chi connectivity index (χ4v) is 2.28. The van der Waals surface area contributed by atoms with Gasteiger partial charge in [-0.25, -0.2) is 0 Å². The number of piperidine rings is 1. The van der Waals surface area contributed by atoms with Crippen LogP contribution in [0, 0.1) is 12.3 Å². The van der Waals surface area contributed by atoms with Gasteiger partial charge in [-0.15, -0.1) is 0 Å². The van der Waals surface area contributed by atoms with Gasteiger partial charge in [0.05, 0.1) is 6.10 Å². The van der Waals surface area contributed by atoms with Gasteiger partial charge in [-0.05, 0) is 30.9 Å². The van der Waals surface area contributed by atoms with Crippen LogP contribution in [0.3, 0.4) is 0 Å². The van der Waals surface area contributed by atoms with E-state index in [1.165, 1.54) is 0 Å². The molecule has 0 aromatic heterocycles. The van der Waals surface area contributed by atoms with E-state index in [0.717, 1.165) is 18.5 Å². The maximum absolute atomic E-state index is 12.3. The Morgan fingerprint density at radius 3 is 2.78 bits per heavy atom. The lowest BCUT2D eigenvalue weighted by molar-refractivity contribution is -0.0190. The van der Waals surface area contributed by atoms with E-state index in [-0.39, 0.29) is 11.3 Å². The van der Waals surface area contributed by atoms with Crippen LogP contribution in [0.1, 0.15) is 36.2 Å². The van der Waals surface area contributed by atoms with Crippen LogP contribution in [0.25, 0.3) is 0 Å². The minimum absolute atomic E-state index is 0.0215. The van der Waals surface area contributed by atoms with Crippen LogP contribution >= 0.6 is 0 Å². The second-order valence-corrected chi connectivity index (χ2v) is 5.88. The summed E-state index contributed by atoms with van der Waals surface area (Å²) in [6.45, 7) is 7.22. The Morgan fingerprint density at radius 2 is 2.17 bits per heavy atom. The molecule has 1 atom stereocenters. The highest BCUT2D eigenvalue weighted by atomic mass is 16.3. The number of aliphatic hydroxyl groups is 1. The first-order valence-corrected chi connectivity index (χ1v) is 6.44. The molecule has 1 N–H and O–H groups in total. The second-order valence-electron chi connectivity index (χ2n) is 5.88. The summed E-state index contributed by atoms with van der Waals surface area (Å²) < 4.78 is 0. The van der Waals surface area contributed by atoms with Gasteiger partial charge in [0.2, 0.25) is 0 Å². The quantitative estimate of drug-likeness (QED) is 0.826. The lowest BCUT2D eigenvalue weighted by Crippen LogP contribution is -2.50. The summed E-state index contributed by atoms with van der Waals surface area (Å²) in [4.78, 5) is 14.1. The molecule has 1 amide bonds. The fourth-order valence-electron chi connectivity index (χ4n) is 2.28. The minimum Gasteiger partial charge on any atom is -0.391 e. The number of β-amino-alcohol motifs (C(OH)–C–C–N with tert-alkyl or cyclic N) is 1. The zero-order valence-electron chi connectivity index (χ0n) is 11.3. The zero-order valence-corrected chi connectivity index (χ0v) is 11.3. The Labute approximate surface area is 108 Å². The number of hydrogen-bond acceptors (Lipinski definition) is 2. The van der Waals surface area contributed by atoms with Gasteiger partial charge in [0.25, 0.3) is 5.91 Å². The van der Waals surface area contributed by atoms with Crippen LogP contribution < -0.4 is 0 Å². The topological polar surface area (TPSA) is 40.5 Å². The first-order valence-electron chi connectivity index (χ1n) is 6.44. The summed E-state index contributed by atoms with van der Waals surface area (Å²) in [6.07, 6.45) is 0.395. The molecule has 1 heterocycles. The molecule has 1 unspecified atom stereocenters. The summed E-state index contributed by atoms with van der Waals surface area (Å²) in [5.74, 6) is 0.0215. The number of amides is 1. The number of hydrogen-bond donors (Lipinski definition) is 1. The highest BCUT2D eigenvalue weighted by Gasteiger charge is 2.35. The van der Waals surface area contributed by atoms with E-state index in [1.54, 1.807) is 4.90 Å². The van der Waals surface area contributed by atoms with Gasteiger partial charge in [0.1, 0.15) is 0 Å². The molecule has 0 radical (unpaired) electrons. The highest BCUT2D eigenvalue weighted by Crippen LogP contribution is 2.30. The van der Waals surface area contributed by atoms with E-state index in [0.29, 0.717) is 12.1 Å². The number of rotatable bonds is 1. The number of carbonyl (C=O) groups is 1. The molecular formula is C15H21NO2. The summed E-state index contributed by atoms with van der Waals surface area (Å²) in [6, 6.07) is 7.60. The van der Waals surface area contributed by atoms with Crippen LogP contribution in [0.4, 0.5) is 0 Å². The number of aryl methyl sites for hydroxylation is 1. The minimum atomic E-state index is -0.444. The molecule has 0 saturated carbocycles. The molecule has 1 aromatic carbocycles. The van der Waals surface area contributed by atoms with Gasteiger partial charge in [-0.3, -0.25) is 4.79 Å². The van der Waals surface area contributed by atoms with Gasteiger partial charge in [0, 0.05) is 18.7 Å². The van der Waals surface area contributed by atoms with Crippen LogP contribution in [-0.4, -0.2) is 35.1 Å². The van der Waals surface area contributed by atoms with Gasteiger partial charge >= 0.3 is 0 Å². The average molecular weight is 247 g/mol. The van der Waals surface area contributed by atoms with E-state index in [2.05, 4.69) is 0 Å². The molecular weight excluding hydrogens is 226 g/mol. The number of benzene rings is 1. The summed E-state index contributed by atoms with van der Waals surface area (Å²) in [7, 11) is 0. The number of carbonyl (C=O) groups excluding carboxylic acids is 1. The van der Waals surface area contributed by atoms with Crippen molar-refractivity contribution >= 4 is 5.91 Å².